The molecule has 0 amide bonds. The van der Waals surface area contributed by atoms with Gasteiger partial charge in [-0.2, -0.15) is 11.8 Å². The first-order valence-electron chi connectivity index (χ1n) is 6.92. The Morgan fingerprint density at radius 3 is 3.00 bits per heavy atom. The fraction of sp³-hybridized carbons (Fsp3) is 0.533. The summed E-state index contributed by atoms with van der Waals surface area (Å²) in [4.78, 5) is 4.69. The summed E-state index contributed by atoms with van der Waals surface area (Å²) < 4.78 is 7.64. The van der Waals surface area contributed by atoms with Gasteiger partial charge in [0.25, 0.3) is 0 Å². The van der Waals surface area contributed by atoms with Crippen LogP contribution in [0.15, 0.2) is 18.2 Å². The van der Waals surface area contributed by atoms with E-state index in [1.807, 2.05) is 23.9 Å². The third kappa shape index (κ3) is 2.29. The van der Waals surface area contributed by atoms with Gasteiger partial charge in [-0.15, -0.1) is 11.6 Å². The Hall–Kier alpha value is -0.870. The van der Waals surface area contributed by atoms with Gasteiger partial charge < -0.3 is 9.30 Å². The van der Waals surface area contributed by atoms with E-state index in [0.29, 0.717) is 17.2 Å². The number of aromatic nitrogens is 2. The lowest BCUT2D eigenvalue weighted by molar-refractivity contribution is 0.415. The van der Waals surface area contributed by atoms with Crippen LogP contribution in [0.3, 0.4) is 0 Å². The molecule has 1 aliphatic rings. The van der Waals surface area contributed by atoms with Gasteiger partial charge in [0.2, 0.25) is 0 Å². The predicted octanol–water partition coefficient (Wildman–Crippen LogP) is 4.24. The minimum Gasteiger partial charge on any atom is -0.497 e. The molecule has 3 nitrogen and oxygen atoms in total. The second-order valence-electron chi connectivity index (χ2n) is 5.16. The van der Waals surface area contributed by atoms with Crippen LogP contribution >= 0.6 is 23.4 Å². The number of fused-ring (bicyclic) bond motifs is 1. The van der Waals surface area contributed by atoms with Crippen molar-refractivity contribution in [1.82, 2.24) is 9.55 Å². The maximum atomic E-state index is 6.13. The van der Waals surface area contributed by atoms with Gasteiger partial charge in [0.1, 0.15) is 11.6 Å². The zero-order chi connectivity index (χ0) is 14.1. The van der Waals surface area contributed by atoms with Crippen molar-refractivity contribution in [2.45, 2.75) is 36.4 Å². The van der Waals surface area contributed by atoms with Gasteiger partial charge in [0.15, 0.2) is 0 Å². The highest BCUT2D eigenvalue weighted by Crippen LogP contribution is 2.40. The molecule has 0 radical (unpaired) electrons. The monoisotopic (exact) mass is 310 g/mol. The van der Waals surface area contributed by atoms with Crippen molar-refractivity contribution in [2.75, 3.05) is 13.4 Å². The average Bonchev–Trinajstić information content (AvgIpc) is 3.08. The van der Waals surface area contributed by atoms with E-state index in [2.05, 4.69) is 16.9 Å². The van der Waals surface area contributed by atoms with Crippen LogP contribution in [0.2, 0.25) is 0 Å². The molecule has 1 fully saturated rings. The maximum absolute atomic E-state index is 6.13. The molecule has 5 heteroatoms. The summed E-state index contributed by atoms with van der Waals surface area (Å²) in [5.74, 6) is 2.27. The Bertz CT molecular complexity index is 613. The second-order valence-corrected chi connectivity index (χ2v) is 6.50. The molecule has 2 aromatic rings. The van der Waals surface area contributed by atoms with Gasteiger partial charge in [0.05, 0.1) is 24.0 Å². The smallest absolute Gasteiger partial charge is 0.125 e. The summed E-state index contributed by atoms with van der Waals surface area (Å²) in [6.45, 7) is 0. The summed E-state index contributed by atoms with van der Waals surface area (Å²) >= 11 is 8.08. The number of imidazole rings is 1. The fourth-order valence-corrected chi connectivity index (χ4v) is 4.36. The highest BCUT2D eigenvalue weighted by molar-refractivity contribution is 7.99. The fourth-order valence-electron chi connectivity index (χ4n) is 3.20. The number of rotatable bonds is 4. The van der Waals surface area contributed by atoms with Crippen LogP contribution in [-0.2, 0) is 5.88 Å². The molecule has 1 aliphatic carbocycles. The molecule has 1 aromatic carbocycles. The first kappa shape index (κ1) is 14.1. The van der Waals surface area contributed by atoms with Crippen LogP contribution in [0.25, 0.3) is 11.0 Å². The average molecular weight is 311 g/mol. The second kappa shape index (κ2) is 5.86. The van der Waals surface area contributed by atoms with E-state index >= 15 is 0 Å². The van der Waals surface area contributed by atoms with Gasteiger partial charge in [-0.3, -0.25) is 0 Å². The number of hydrogen-bond acceptors (Lipinski definition) is 3. The Morgan fingerprint density at radius 2 is 2.30 bits per heavy atom. The summed E-state index contributed by atoms with van der Waals surface area (Å²) in [5, 5.41) is 0.663. The molecule has 3 rings (SSSR count). The van der Waals surface area contributed by atoms with E-state index in [9.17, 15) is 0 Å². The van der Waals surface area contributed by atoms with Gasteiger partial charge in [-0.05, 0) is 31.2 Å². The quantitative estimate of drug-likeness (QED) is 0.790. The summed E-state index contributed by atoms with van der Waals surface area (Å²) in [7, 11) is 1.68. The van der Waals surface area contributed by atoms with E-state index < -0.39 is 0 Å². The molecule has 1 heterocycles. The molecule has 1 aromatic heterocycles. The summed E-state index contributed by atoms with van der Waals surface area (Å²) in [5.41, 5.74) is 2.15. The van der Waals surface area contributed by atoms with E-state index in [-0.39, 0.29) is 0 Å². The molecule has 20 heavy (non-hydrogen) atoms. The molecule has 108 valence electrons. The molecule has 2 unspecified atom stereocenters. The molecular formula is C15H19ClN2OS. The van der Waals surface area contributed by atoms with Crippen molar-refractivity contribution < 1.29 is 4.74 Å². The number of nitrogens with zero attached hydrogens (tertiary/aromatic N) is 2. The summed E-state index contributed by atoms with van der Waals surface area (Å²) in [6, 6.07) is 6.61. The number of halogens is 1. The molecule has 2 atom stereocenters. The standard InChI is InChI=1S/C15H19ClN2OS/c1-19-10-6-7-12-11(8-10)17-15(9-16)18(12)13-4-3-5-14(13)20-2/h6-8,13-14H,3-5,9H2,1-2H3. The predicted molar refractivity (Wildman–Crippen MR) is 86.0 cm³/mol. The first-order valence-corrected chi connectivity index (χ1v) is 8.74. The topological polar surface area (TPSA) is 27.1 Å². The number of methoxy groups -OCH3 is 1. The van der Waals surface area contributed by atoms with Crippen LogP contribution in [0.1, 0.15) is 31.1 Å². The molecule has 0 bridgehead atoms. The molecule has 1 saturated carbocycles. The largest absolute Gasteiger partial charge is 0.497 e. The molecule has 0 spiro atoms. The number of hydrogen-bond donors (Lipinski definition) is 0. The van der Waals surface area contributed by atoms with Gasteiger partial charge in [-0.1, -0.05) is 6.42 Å². The van der Waals surface area contributed by atoms with E-state index in [1.165, 1.54) is 24.8 Å². The lowest BCUT2D eigenvalue weighted by atomic mass is 10.2. The zero-order valence-corrected chi connectivity index (χ0v) is 13.4. The van der Waals surface area contributed by atoms with Gasteiger partial charge in [0, 0.05) is 17.4 Å². The zero-order valence-electron chi connectivity index (χ0n) is 11.8. The minimum absolute atomic E-state index is 0.453. The van der Waals surface area contributed by atoms with Gasteiger partial charge >= 0.3 is 0 Å². The Labute approximate surface area is 128 Å². The third-order valence-electron chi connectivity index (χ3n) is 4.14. The highest BCUT2D eigenvalue weighted by atomic mass is 35.5. The van der Waals surface area contributed by atoms with Crippen LogP contribution in [-0.4, -0.2) is 28.2 Å². The SMILES string of the molecule is COc1ccc2c(c1)nc(CCl)n2C1CCCC1SC. The van der Waals surface area contributed by atoms with Crippen molar-refractivity contribution in [3.05, 3.63) is 24.0 Å². The van der Waals surface area contributed by atoms with Crippen molar-refractivity contribution in [1.29, 1.82) is 0 Å². The Kier molecular flexibility index (Phi) is 4.13. The van der Waals surface area contributed by atoms with E-state index in [1.54, 1.807) is 7.11 Å². The van der Waals surface area contributed by atoms with Crippen LogP contribution < -0.4 is 4.74 Å². The normalized spacial score (nSPS) is 22.6. The summed E-state index contributed by atoms with van der Waals surface area (Å²) in [6.07, 6.45) is 5.98. The van der Waals surface area contributed by atoms with Gasteiger partial charge in [-0.25, -0.2) is 4.98 Å². The molecule has 0 saturated heterocycles. The molecule has 0 N–H and O–H groups in total. The van der Waals surface area contributed by atoms with Crippen molar-refractivity contribution in [3.63, 3.8) is 0 Å². The number of thioether (sulfide) groups is 1. The highest BCUT2D eigenvalue weighted by Gasteiger charge is 2.30. The molecular weight excluding hydrogens is 292 g/mol. The Balaban J connectivity index is 2.12. The number of alkyl halides is 1. The first-order chi connectivity index (χ1) is 9.78. The van der Waals surface area contributed by atoms with E-state index in [4.69, 9.17) is 21.3 Å². The third-order valence-corrected chi connectivity index (χ3v) is 5.54. The maximum Gasteiger partial charge on any atom is 0.125 e. The van der Waals surface area contributed by atoms with Crippen LogP contribution in [0, 0.1) is 0 Å². The van der Waals surface area contributed by atoms with Crippen molar-refractivity contribution >= 4 is 34.4 Å². The lowest BCUT2D eigenvalue weighted by Crippen LogP contribution is -2.17. The number of ether oxygens (including phenoxy) is 1. The lowest BCUT2D eigenvalue weighted by Gasteiger charge is -2.22. The Morgan fingerprint density at radius 1 is 1.45 bits per heavy atom. The van der Waals surface area contributed by atoms with Crippen LogP contribution in [0.4, 0.5) is 0 Å². The van der Waals surface area contributed by atoms with E-state index in [0.717, 1.165) is 17.1 Å². The van der Waals surface area contributed by atoms with Crippen LogP contribution in [0.5, 0.6) is 5.75 Å². The number of benzene rings is 1. The molecule has 0 aliphatic heterocycles. The van der Waals surface area contributed by atoms with Crippen molar-refractivity contribution in [2.24, 2.45) is 0 Å². The minimum atomic E-state index is 0.453. The van der Waals surface area contributed by atoms with Crippen molar-refractivity contribution in [3.8, 4) is 5.75 Å².